The Balaban J connectivity index is 1.70. The van der Waals surface area contributed by atoms with Crippen LogP contribution in [0.3, 0.4) is 0 Å². The smallest absolute Gasteiger partial charge is 0.0462 e. The van der Waals surface area contributed by atoms with Crippen LogP contribution in [0, 0.1) is 23.7 Å². The van der Waals surface area contributed by atoms with Gasteiger partial charge in [0.05, 0.1) is 0 Å². The summed E-state index contributed by atoms with van der Waals surface area (Å²) in [5.74, 6) is 2.82. The van der Waals surface area contributed by atoms with Gasteiger partial charge >= 0.3 is 0 Å². The molecule has 4 unspecified atom stereocenters. The topological polar surface area (TPSA) is 32.3 Å². The molecule has 2 aliphatic carbocycles. The van der Waals surface area contributed by atoms with Gasteiger partial charge in [-0.3, -0.25) is 0 Å². The lowest BCUT2D eigenvalue weighted by atomic mass is 9.79. The van der Waals surface area contributed by atoms with Crippen molar-refractivity contribution in [3.63, 3.8) is 0 Å². The second-order valence-electron chi connectivity index (χ2n) is 6.94. The van der Waals surface area contributed by atoms with Crippen molar-refractivity contribution in [1.82, 2.24) is 5.32 Å². The van der Waals surface area contributed by atoms with Crippen molar-refractivity contribution < 1.29 is 5.11 Å². The van der Waals surface area contributed by atoms with Crippen molar-refractivity contribution in [3.05, 3.63) is 11.6 Å². The van der Waals surface area contributed by atoms with Crippen LogP contribution in [0.25, 0.3) is 0 Å². The molecule has 0 aromatic carbocycles. The van der Waals surface area contributed by atoms with E-state index in [0.29, 0.717) is 18.4 Å². The normalized spacial score (nSPS) is 36.1. The summed E-state index contributed by atoms with van der Waals surface area (Å²) in [6, 6.07) is 0. The lowest BCUT2D eigenvalue weighted by molar-refractivity contribution is 0.132. The summed E-state index contributed by atoms with van der Waals surface area (Å²) in [4.78, 5) is 0. The fourth-order valence-corrected chi connectivity index (χ4v) is 4.11. The number of nitrogens with one attached hydrogen (secondary N) is 1. The molecule has 19 heavy (non-hydrogen) atoms. The van der Waals surface area contributed by atoms with Crippen LogP contribution in [0.1, 0.15) is 52.4 Å². The maximum Gasteiger partial charge on any atom is 0.0462 e. The SMILES string of the molecule is CC1=CC(C)CC(CNCC2CCCCC2CO)C1. The molecule has 4 atom stereocenters. The maximum atomic E-state index is 9.44. The molecular weight excluding hydrogens is 234 g/mol. The van der Waals surface area contributed by atoms with E-state index < -0.39 is 0 Å². The Kier molecular flexibility index (Phi) is 5.90. The Morgan fingerprint density at radius 1 is 1.21 bits per heavy atom. The summed E-state index contributed by atoms with van der Waals surface area (Å²) in [6.07, 6.45) is 10.2. The van der Waals surface area contributed by atoms with E-state index in [9.17, 15) is 5.11 Å². The molecule has 0 amide bonds. The lowest BCUT2D eigenvalue weighted by Crippen LogP contribution is -2.35. The lowest BCUT2D eigenvalue weighted by Gasteiger charge is -2.31. The van der Waals surface area contributed by atoms with Gasteiger partial charge in [-0.25, -0.2) is 0 Å². The average molecular weight is 265 g/mol. The third-order valence-corrected chi connectivity index (χ3v) is 5.03. The number of allylic oxidation sites excluding steroid dienone is 2. The standard InChI is InChI=1S/C17H31NO/c1-13-7-14(2)9-15(8-13)10-18-11-16-5-3-4-6-17(16)12-19/h7,13,15-19H,3-6,8-12H2,1-2H3. The predicted molar refractivity (Wildman–Crippen MR) is 81.0 cm³/mol. The molecule has 2 N–H and O–H groups in total. The molecule has 0 bridgehead atoms. The van der Waals surface area contributed by atoms with Crippen molar-refractivity contribution in [2.75, 3.05) is 19.7 Å². The molecule has 2 rings (SSSR count). The van der Waals surface area contributed by atoms with Gasteiger partial charge < -0.3 is 10.4 Å². The van der Waals surface area contributed by atoms with Crippen molar-refractivity contribution >= 4 is 0 Å². The fraction of sp³-hybridized carbons (Fsp3) is 0.882. The van der Waals surface area contributed by atoms with Crippen LogP contribution in [0.15, 0.2) is 11.6 Å². The molecule has 110 valence electrons. The third-order valence-electron chi connectivity index (χ3n) is 5.03. The molecule has 0 aromatic rings. The van der Waals surface area contributed by atoms with E-state index >= 15 is 0 Å². The van der Waals surface area contributed by atoms with Crippen LogP contribution in [-0.4, -0.2) is 24.8 Å². The molecule has 0 saturated heterocycles. The van der Waals surface area contributed by atoms with E-state index in [4.69, 9.17) is 0 Å². The summed E-state index contributed by atoms with van der Waals surface area (Å²) < 4.78 is 0. The summed E-state index contributed by atoms with van der Waals surface area (Å²) in [5.41, 5.74) is 1.57. The Morgan fingerprint density at radius 2 is 1.95 bits per heavy atom. The second-order valence-corrected chi connectivity index (χ2v) is 6.94. The molecule has 0 aromatic heterocycles. The van der Waals surface area contributed by atoms with Crippen LogP contribution >= 0.6 is 0 Å². The highest BCUT2D eigenvalue weighted by molar-refractivity contribution is 5.06. The monoisotopic (exact) mass is 265 g/mol. The van der Waals surface area contributed by atoms with E-state index in [1.54, 1.807) is 5.57 Å². The van der Waals surface area contributed by atoms with Gasteiger partial charge in [-0.15, -0.1) is 0 Å². The number of aliphatic hydroxyl groups excluding tert-OH is 1. The van der Waals surface area contributed by atoms with Crippen molar-refractivity contribution in [3.8, 4) is 0 Å². The van der Waals surface area contributed by atoms with Crippen LogP contribution in [-0.2, 0) is 0 Å². The maximum absolute atomic E-state index is 9.44. The highest BCUT2D eigenvalue weighted by Crippen LogP contribution is 2.30. The molecule has 0 radical (unpaired) electrons. The zero-order valence-corrected chi connectivity index (χ0v) is 12.7. The molecule has 1 fully saturated rings. The first kappa shape index (κ1) is 15.1. The zero-order chi connectivity index (χ0) is 13.7. The highest BCUT2D eigenvalue weighted by Gasteiger charge is 2.24. The van der Waals surface area contributed by atoms with Gasteiger partial charge in [0.15, 0.2) is 0 Å². The summed E-state index contributed by atoms with van der Waals surface area (Å²) >= 11 is 0. The molecular formula is C17H31NO. The van der Waals surface area contributed by atoms with Crippen LogP contribution in [0.2, 0.25) is 0 Å². The number of rotatable bonds is 5. The van der Waals surface area contributed by atoms with Crippen molar-refractivity contribution in [2.45, 2.75) is 52.4 Å². The molecule has 1 saturated carbocycles. The van der Waals surface area contributed by atoms with E-state index in [0.717, 1.165) is 24.9 Å². The Bertz CT molecular complexity index is 300. The molecule has 2 heteroatoms. The summed E-state index contributed by atoms with van der Waals surface area (Å²) in [7, 11) is 0. The van der Waals surface area contributed by atoms with Crippen LogP contribution < -0.4 is 5.32 Å². The van der Waals surface area contributed by atoms with E-state index in [-0.39, 0.29) is 0 Å². The summed E-state index contributed by atoms with van der Waals surface area (Å²) in [5, 5.41) is 13.1. The largest absolute Gasteiger partial charge is 0.396 e. The number of hydrogen-bond acceptors (Lipinski definition) is 2. The molecule has 2 aliphatic rings. The molecule has 0 aliphatic heterocycles. The van der Waals surface area contributed by atoms with Gasteiger partial charge in [0.2, 0.25) is 0 Å². The van der Waals surface area contributed by atoms with Gasteiger partial charge in [0.1, 0.15) is 0 Å². The second kappa shape index (κ2) is 7.44. The number of aliphatic hydroxyl groups is 1. The Morgan fingerprint density at radius 3 is 2.63 bits per heavy atom. The minimum atomic E-state index is 0.384. The molecule has 0 spiro atoms. The fourth-order valence-electron chi connectivity index (χ4n) is 4.11. The zero-order valence-electron chi connectivity index (χ0n) is 12.7. The Labute approximate surface area is 118 Å². The van der Waals surface area contributed by atoms with Crippen molar-refractivity contribution in [2.24, 2.45) is 23.7 Å². The quantitative estimate of drug-likeness (QED) is 0.747. The van der Waals surface area contributed by atoms with Gasteiger partial charge in [-0.1, -0.05) is 31.4 Å². The summed E-state index contributed by atoms with van der Waals surface area (Å²) in [6.45, 7) is 7.25. The Hall–Kier alpha value is -0.340. The average Bonchev–Trinajstić information content (AvgIpc) is 2.38. The van der Waals surface area contributed by atoms with E-state index in [1.165, 1.54) is 38.5 Å². The highest BCUT2D eigenvalue weighted by atomic mass is 16.3. The number of hydrogen-bond donors (Lipinski definition) is 2. The van der Waals surface area contributed by atoms with E-state index in [2.05, 4.69) is 25.2 Å². The van der Waals surface area contributed by atoms with Crippen LogP contribution in [0.4, 0.5) is 0 Å². The van der Waals surface area contributed by atoms with Crippen LogP contribution in [0.5, 0.6) is 0 Å². The van der Waals surface area contributed by atoms with Gasteiger partial charge in [0.25, 0.3) is 0 Å². The first-order chi connectivity index (χ1) is 9.19. The van der Waals surface area contributed by atoms with Gasteiger partial charge in [0, 0.05) is 6.61 Å². The molecule has 2 nitrogen and oxygen atoms in total. The minimum absolute atomic E-state index is 0.384. The minimum Gasteiger partial charge on any atom is -0.396 e. The van der Waals surface area contributed by atoms with E-state index in [1.807, 2.05) is 0 Å². The first-order valence-corrected chi connectivity index (χ1v) is 8.18. The molecule has 0 heterocycles. The van der Waals surface area contributed by atoms with Gasteiger partial charge in [-0.2, -0.15) is 0 Å². The van der Waals surface area contributed by atoms with Gasteiger partial charge in [-0.05, 0) is 69.4 Å². The third kappa shape index (κ3) is 4.61. The van der Waals surface area contributed by atoms with Crippen molar-refractivity contribution in [1.29, 1.82) is 0 Å². The predicted octanol–water partition coefficient (Wildman–Crippen LogP) is 3.37. The first-order valence-electron chi connectivity index (χ1n) is 8.18.